The SMILES string of the molecule is CC(C)N1C(=O)NC(=O)[C@H](C=N[C@@H](Cc2c[nH]c3ccccc23)C(=O)O)C1=O. The van der Waals surface area contributed by atoms with Crippen molar-refractivity contribution in [3.05, 3.63) is 36.0 Å². The molecule has 4 amide bonds. The Labute approximate surface area is 160 Å². The van der Waals surface area contributed by atoms with Crippen LogP contribution in [-0.4, -0.2) is 57.1 Å². The molecule has 1 aromatic carbocycles. The first-order valence-corrected chi connectivity index (χ1v) is 8.78. The lowest BCUT2D eigenvalue weighted by Crippen LogP contribution is -2.60. The number of aromatic nitrogens is 1. The number of hydrogen-bond donors (Lipinski definition) is 3. The van der Waals surface area contributed by atoms with Gasteiger partial charge in [-0.1, -0.05) is 18.2 Å². The van der Waals surface area contributed by atoms with Crippen LogP contribution in [0.4, 0.5) is 4.79 Å². The van der Waals surface area contributed by atoms with Gasteiger partial charge in [0.15, 0.2) is 12.0 Å². The van der Waals surface area contributed by atoms with Gasteiger partial charge in [-0.2, -0.15) is 0 Å². The molecule has 2 heterocycles. The largest absolute Gasteiger partial charge is 0.480 e. The number of carboxylic acid groups (broad SMARTS) is 1. The molecule has 1 aliphatic rings. The average molecular weight is 384 g/mol. The fourth-order valence-corrected chi connectivity index (χ4v) is 3.13. The molecule has 1 fully saturated rings. The summed E-state index contributed by atoms with van der Waals surface area (Å²) in [6, 6.07) is 5.05. The summed E-state index contributed by atoms with van der Waals surface area (Å²) in [4.78, 5) is 55.9. The van der Waals surface area contributed by atoms with Gasteiger partial charge in [-0.15, -0.1) is 0 Å². The van der Waals surface area contributed by atoms with Crippen molar-refractivity contribution in [3.63, 3.8) is 0 Å². The van der Waals surface area contributed by atoms with Crippen molar-refractivity contribution in [2.45, 2.75) is 32.4 Å². The average Bonchev–Trinajstić information content (AvgIpc) is 3.02. The molecule has 1 saturated heterocycles. The minimum absolute atomic E-state index is 0.0885. The Morgan fingerprint density at radius 3 is 2.68 bits per heavy atom. The maximum absolute atomic E-state index is 12.5. The number of aromatic amines is 1. The molecular weight excluding hydrogens is 364 g/mol. The van der Waals surface area contributed by atoms with Gasteiger partial charge in [-0.05, 0) is 25.5 Å². The van der Waals surface area contributed by atoms with Crippen molar-refractivity contribution in [2.75, 3.05) is 0 Å². The van der Waals surface area contributed by atoms with E-state index in [9.17, 15) is 24.3 Å². The van der Waals surface area contributed by atoms with E-state index in [1.807, 2.05) is 24.3 Å². The van der Waals surface area contributed by atoms with E-state index in [1.165, 1.54) is 0 Å². The molecule has 0 radical (unpaired) electrons. The standard InChI is InChI=1S/C19H20N4O5/c1-10(2)23-17(25)13(16(24)22-19(23)28)9-21-15(18(26)27)7-11-8-20-14-6-4-3-5-12(11)14/h3-6,8-10,13,15,20H,7H2,1-2H3,(H,26,27)(H,22,24,28)/t13-,15-/m0/s1. The molecule has 9 heteroatoms. The zero-order valence-corrected chi connectivity index (χ0v) is 15.4. The van der Waals surface area contributed by atoms with Crippen LogP contribution in [-0.2, 0) is 20.8 Å². The summed E-state index contributed by atoms with van der Waals surface area (Å²) < 4.78 is 0. The number of carbonyl (C=O) groups is 4. The Bertz CT molecular complexity index is 978. The van der Waals surface area contributed by atoms with Crippen LogP contribution < -0.4 is 5.32 Å². The fraction of sp³-hybridized carbons (Fsp3) is 0.316. The van der Waals surface area contributed by atoms with Gasteiger partial charge < -0.3 is 10.1 Å². The summed E-state index contributed by atoms with van der Waals surface area (Å²) in [6.45, 7) is 3.27. The first kappa shape index (κ1) is 19.3. The molecule has 146 valence electrons. The minimum Gasteiger partial charge on any atom is -0.480 e. The van der Waals surface area contributed by atoms with Crippen LogP contribution in [0.25, 0.3) is 10.9 Å². The number of para-hydroxylation sites is 1. The van der Waals surface area contributed by atoms with E-state index >= 15 is 0 Å². The van der Waals surface area contributed by atoms with Crippen molar-refractivity contribution < 1.29 is 24.3 Å². The quantitative estimate of drug-likeness (QED) is 0.511. The number of barbiturate groups is 1. The van der Waals surface area contributed by atoms with Gasteiger partial charge in [0.25, 0.3) is 0 Å². The predicted octanol–water partition coefficient (Wildman–Crippen LogP) is 1.34. The van der Waals surface area contributed by atoms with Gasteiger partial charge in [0.05, 0.1) is 0 Å². The minimum atomic E-state index is -1.34. The van der Waals surface area contributed by atoms with Gasteiger partial charge in [-0.3, -0.25) is 24.8 Å². The number of carboxylic acids is 1. The third kappa shape index (κ3) is 3.64. The molecule has 0 aliphatic carbocycles. The number of aliphatic imine (C=N–C) groups is 1. The van der Waals surface area contributed by atoms with Crippen LogP contribution in [0.5, 0.6) is 0 Å². The highest BCUT2D eigenvalue weighted by molar-refractivity contribution is 6.23. The molecule has 0 bridgehead atoms. The Balaban J connectivity index is 1.82. The normalized spacial score (nSPS) is 18.9. The smallest absolute Gasteiger partial charge is 0.331 e. The first-order chi connectivity index (χ1) is 13.3. The first-order valence-electron chi connectivity index (χ1n) is 8.78. The van der Waals surface area contributed by atoms with Gasteiger partial charge >= 0.3 is 12.0 Å². The lowest BCUT2D eigenvalue weighted by atomic mass is 10.0. The van der Waals surface area contributed by atoms with E-state index in [4.69, 9.17) is 0 Å². The highest BCUT2D eigenvalue weighted by atomic mass is 16.4. The van der Waals surface area contributed by atoms with Crippen molar-refractivity contribution in [1.29, 1.82) is 0 Å². The Hall–Kier alpha value is -3.49. The Morgan fingerprint density at radius 2 is 2.00 bits per heavy atom. The third-order valence-corrected chi connectivity index (χ3v) is 4.54. The second-order valence-corrected chi connectivity index (χ2v) is 6.79. The number of benzene rings is 1. The number of hydrogen-bond acceptors (Lipinski definition) is 5. The van der Waals surface area contributed by atoms with Crippen molar-refractivity contribution in [2.24, 2.45) is 10.9 Å². The monoisotopic (exact) mass is 384 g/mol. The van der Waals surface area contributed by atoms with Crippen LogP contribution >= 0.6 is 0 Å². The fourth-order valence-electron chi connectivity index (χ4n) is 3.13. The maximum atomic E-state index is 12.5. The highest BCUT2D eigenvalue weighted by Crippen LogP contribution is 2.20. The maximum Gasteiger partial charge on any atom is 0.331 e. The Morgan fingerprint density at radius 1 is 1.29 bits per heavy atom. The molecule has 2 aromatic rings. The zero-order valence-electron chi connectivity index (χ0n) is 15.4. The second-order valence-electron chi connectivity index (χ2n) is 6.79. The molecule has 3 rings (SSSR count). The van der Waals surface area contributed by atoms with Gasteiger partial charge in [0, 0.05) is 35.8 Å². The number of nitrogens with zero attached hydrogens (tertiary/aromatic N) is 2. The van der Waals surface area contributed by atoms with Crippen LogP contribution in [0, 0.1) is 5.92 Å². The summed E-state index contributed by atoms with van der Waals surface area (Å²) in [5.41, 5.74) is 1.64. The van der Waals surface area contributed by atoms with E-state index in [0.717, 1.165) is 27.6 Å². The van der Waals surface area contributed by atoms with Crippen LogP contribution in [0.1, 0.15) is 19.4 Å². The number of H-pyrrole nitrogens is 1. The molecule has 3 N–H and O–H groups in total. The number of imide groups is 2. The van der Waals surface area contributed by atoms with Gasteiger partial charge in [0.1, 0.15) is 0 Å². The molecular formula is C19H20N4O5. The molecule has 28 heavy (non-hydrogen) atoms. The molecule has 1 aromatic heterocycles. The predicted molar refractivity (Wildman–Crippen MR) is 101 cm³/mol. The molecule has 0 spiro atoms. The van der Waals surface area contributed by atoms with Crippen LogP contribution in [0.3, 0.4) is 0 Å². The van der Waals surface area contributed by atoms with E-state index in [2.05, 4.69) is 15.3 Å². The lowest BCUT2D eigenvalue weighted by Gasteiger charge is -2.31. The molecule has 9 nitrogen and oxygen atoms in total. The molecule has 1 aliphatic heterocycles. The second kappa shape index (κ2) is 7.63. The summed E-state index contributed by atoms with van der Waals surface area (Å²) in [7, 11) is 0. The van der Waals surface area contributed by atoms with E-state index in [1.54, 1.807) is 20.0 Å². The van der Waals surface area contributed by atoms with E-state index in [0.29, 0.717) is 0 Å². The van der Waals surface area contributed by atoms with Gasteiger partial charge in [-0.25, -0.2) is 9.59 Å². The number of amides is 4. The third-order valence-electron chi connectivity index (χ3n) is 4.54. The highest BCUT2D eigenvalue weighted by Gasteiger charge is 2.40. The van der Waals surface area contributed by atoms with E-state index < -0.39 is 41.8 Å². The van der Waals surface area contributed by atoms with Crippen molar-refractivity contribution in [1.82, 2.24) is 15.2 Å². The summed E-state index contributed by atoms with van der Waals surface area (Å²) in [5, 5.41) is 12.5. The topological polar surface area (TPSA) is 132 Å². The number of rotatable bonds is 6. The summed E-state index contributed by atoms with van der Waals surface area (Å²) in [6.07, 6.45) is 2.83. The lowest BCUT2D eigenvalue weighted by molar-refractivity contribution is -0.141. The Kier molecular flexibility index (Phi) is 5.25. The summed E-state index contributed by atoms with van der Waals surface area (Å²) in [5.74, 6) is -4.05. The van der Waals surface area contributed by atoms with E-state index in [-0.39, 0.29) is 6.42 Å². The molecule has 0 saturated carbocycles. The van der Waals surface area contributed by atoms with Gasteiger partial charge in [0.2, 0.25) is 11.8 Å². The van der Waals surface area contributed by atoms with Crippen molar-refractivity contribution >= 4 is 40.9 Å². The number of urea groups is 1. The molecule has 2 atom stereocenters. The van der Waals surface area contributed by atoms with Crippen LogP contribution in [0.15, 0.2) is 35.5 Å². The van der Waals surface area contributed by atoms with Crippen molar-refractivity contribution in [3.8, 4) is 0 Å². The number of nitrogens with one attached hydrogen (secondary N) is 2. The molecule has 0 unspecified atom stereocenters. The van der Waals surface area contributed by atoms with Crippen LogP contribution in [0.2, 0.25) is 0 Å². The zero-order chi connectivity index (χ0) is 20.4. The summed E-state index contributed by atoms with van der Waals surface area (Å²) >= 11 is 0. The number of aliphatic carboxylic acids is 1. The number of carbonyl (C=O) groups excluding carboxylic acids is 3. The number of fused-ring (bicyclic) bond motifs is 1.